The lowest BCUT2D eigenvalue weighted by Crippen LogP contribution is -2.30. The largest absolute Gasteiger partial charge is 0.241 e. The van der Waals surface area contributed by atoms with E-state index in [1.807, 2.05) is 31.2 Å². The van der Waals surface area contributed by atoms with Gasteiger partial charge in [0.2, 0.25) is 10.0 Å². The molecule has 0 amide bonds. The molecule has 1 aliphatic carbocycles. The second kappa shape index (κ2) is 6.55. The Bertz CT molecular complexity index is 959. The van der Waals surface area contributed by atoms with E-state index in [2.05, 4.69) is 4.72 Å². The number of hydrogen-bond acceptors (Lipinski definition) is 4. The molecule has 0 saturated heterocycles. The van der Waals surface area contributed by atoms with E-state index in [-0.39, 0.29) is 15.8 Å². The van der Waals surface area contributed by atoms with Crippen molar-refractivity contribution in [3.8, 4) is 0 Å². The summed E-state index contributed by atoms with van der Waals surface area (Å²) in [6.45, 7) is 1.99. The van der Waals surface area contributed by atoms with Crippen LogP contribution < -0.4 is 4.72 Å². The number of benzene rings is 2. The molecule has 1 atom stereocenters. The predicted octanol–water partition coefficient (Wildman–Crippen LogP) is 2.83. The summed E-state index contributed by atoms with van der Waals surface area (Å²) < 4.78 is 51.3. The smallest absolute Gasteiger partial charge is 0.224 e. The lowest BCUT2D eigenvalue weighted by Gasteiger charge is -2.19. The first-order chi connectivity index (χ1) is 11.7. The van der Waals surface area contributed by atoms with Crippen molar-refractivity contribution in [2.24, 2.45) is 5.92 Å². The summed E-state index contributed by atoms with van der Waals surface area (Å²) in [6, 6.07) is 12.9. The molecule has 25 heavy (non-hydrogen) atoms. The summed E-state index contributed by atoms with van der Waals surface area (Å²) in [5.41, 5.74) is 2.07. The SMILES string of the molecule is Cc1ccc(C(NS(=O)(=O)c2ccc(S(C)(=O)=O)cc2)C2CC2)cc1. The van der Waals surface area contributed by atoms with Crippen LogP contribution in [0.4, 0.5) is 0 Å². The molecule has 1 unspecified atom stereocenters. The van der Waals surface area contributed by atoms with E-state index in [9.17, 15) is 16.8 Å². The number of aryl methyl sites for hydroxylation is 1. The van der Waals surface area contributed by atoms with Gasteiger partial charge in [-0.25, -0.2) is 21.6 Å². The Balaban J connectivity index is 1.87. The van der Waals surface area contributed by atoms with Crippen molar-refractivity contribution in [2.75, 3.05) is 6.26 Å². The van der Waals surface area contributed by atoms with E-state index in [4.69, 9.17) is 0 Å². The van der Waals surface area contributed by atoms with Crippen LogP contribution in [0.5, 0.6) is 0 Å². The average molecular weight is 380 g/mol. The first kappa shape index (κ1) is 18.1. The van der Waals surface area contributed by atoms with E-state index in [1.54, 1.807) is 0 Å². The minimum atomic E-state index is -3.73. The van der Waals surface area contributed by atoms with E-state index in [1.165, 1.54) is 24.3 Å². The molecule has 0 aromatic heterocycles. The van der Waals surface area contributed by atoms with Crippen molar-refractivity contribution in [1.82, 2.24) is 4.72 Å². The standard InChI is InChI=1S/C18H21NO4S2/c1-13-3-5-14(6-4-13)18(15-7-8-15)19-25(22,23)17-11-9-16(10-12-17)24(2,20)21/h3-6,9-12,15,18-19H,7-8H2,1-2H3. The van der Waals surface area contributed by atoms with Gasteiger partial charge in [0.05, 0.1) is 9.79 Å². The van der Waals surface area contributed by atoms with Gasteiger partial charge in [-0.1, -0.05) is 29.8 Å². The number of hydrogen-bond donors (Lipinski definition) is 1. The third kappa shape index (κ3) is 4.29. The van der Waals surface area contributed by atoms with Crippen LogP contribution in [0.2, 0.25) is 0 Å². The van der Waals surface area contributed by atoms with Crippen molar-refractivity contribution < 1.29 is 16.8 Å². The van der Waals surface area contributed by atoms with Gasteiger partial charge >= 0.3 is 0 Å². The first-order valence-corrected chi connectivity index (χ1v) is 11.4. The summed E-state index contributed by atoms with van der Waals surface area (Å²) in [5.74, 6) is 0.299. The van der Waals surface area contributed by atoms with Crippen LogP contribution in [0.1, 0.15) is 30.0 Å². The lowest BCUT2D eigenvalue weighted by atomic mass is 10.0. The highest BCUT2D eigenvalue weighted by Crippen LogP contribution is 2.41. The zero-order valence-corrected chi connectivity index (χ0v) is 15.8. The Morgan fingerprint density at radius 1 is 0.880 bits per heavy atom. The van der Waals surface area contributed by atoms with Gasteiger partial charge < -0.3 is 0 Å². The maximum Gasteiger partial charge on any atom is 0.241 e. The molecule has 0 aliphatic heterocycles. The van der Waals surface area contributed by atoms with Gasteiger partial charge in [-0.3, -0.25) is 0 Å². The normalized spacial score (nSPS) is 16.6. The maximum absolute atomic E-state index is 12.7. The summed E-state index contributed by atoms with van der Waals surface area (Å²) >= 11 is 0. The second-order valence-electron chi connectivity index (χ2n) is 6.59. The molecule has 1 fully saturated rings. The summed E-state index contributed by atoms with van der Waals surface area (Å²) in [4.78, 5) is 0.168. The molecular formula is C18H21NO4S2. The minimum absolute atomic E-state index is 0.0673. The summed E-state index contributed by atoms with van der Waals surface area (Å²) in [6.07, 6.45) is 3.08. The van der Waals surface area contributed by atoms with E-state index < -0.39 is 19.9 Å². The van der Waals surface area contributed by atoms with Gasteiger partial charge in [0.25, 0.3) is 0 Å². The molecule has 1 N–H and O–H groups in total. The van der Waals surface area contributed by atoms with Crippen LogP contribution in [0.15, 0.2) is 58.3 Å². The van der Waals surface area contributed by atoms with Crippen LogP contribution >= 0.6 is 0 Å². The molecule has 2 aromatic carbocycles. The van der Waals surface area contributed by atoms with Crippen LogP contribution in [-0.2, 0) is 19.9 Å². The van der Waals surface area contributed by atoms with Crippen molar-refractivity contribution in [3.05, 3.63) is 59.7 Å². The molecule has 1 aliphatic rings. The minimum Gasteiger partial charge on any atom is -0.224 e. The molecule has 0 bridgehead atoms. The fraction of sp³-hybridized carbons (Fsp3) is 0.333. The monoisotopic (exact) mass is 379 g/mol. The summed E-state index contributed by atoms with van der Waals surface area (Å²) in [5, 5.41) is 0. The molecule has 0 heterocycles. The average Bonchev–Trinajstić information content (AvgIpc) is 3.38. The van der Waals surface area contributed by atoms with Crippen molar-refractivity contribution in [3.63, 3.8) is 0 Å². The van der Waals surface area contributed by atoms with Gasteiger partial charge in [0.1, 0.15) is 0 Å². The molecular weight excluding hydrogens is 358 g/mol. The van der Waals surface area contributed by atoms with Crippen LogP contribution in [0.25, 0.3) is 0 Å². The van der Waals surface area contributed by atoms with Crippen molar-refractivity contribution in [1.29, 1.82) is 0 Å². The second-order valence-corrected chi connectivity index (χ2v) is 10.3. The third-order valence-electron chi connectivity index (χ3n) is 4.37. The molecule has 0 radical (unpaired) electrons. The fourth-order valence-corrected chi connectivity index (χ4v) is 4.66. The molecule has 2 aromatic rings. The summed E-state index contributed by atoms with van der Waals surface area (Å²) in [7, 11) is -7.08. The zero-order valence-electron chi connectivity index (χ0n) is 14.1. The van der Waals surface area contributed by atoms with Gasteiger partial charge in [0.15, 0.2) is 9.84 Å². The molecule has 1 saturated carbocycles. The number of rotatable bonds is 6. The Kier molecular flexibility index (Phi) is 4.74. The molecule has 7 heteroatoms. The van der Waals surface area contributed by atoms with Gasteiger partial charge in [-0.2, -0.15) is 0 Å². The highest BCUT2D eigenvalue weighted by Gasteiger charge is 2.35. The van der Waals surface area contributed by atoms with E-state index >= 15 is 0 Å². The topological polar surface area (TPSA) is 80.3 Å². The highest BCUT2D eigenvalue weighted by atomic mass is 32.2. The predicted molar refractivity (Wildman–Crippen MR) is 96.5 cm³/mol. The quantitative estimate of drug-likeness (QED) is 0.837. The third-order valence-corrected chi connectivity index (χ3v) is 6.96. The molecule has 134 valence electrons. The maximum atomic E-state index is 12.7. The van der Waals surface area contributed by atoms with Crippen LogP contribution in [0.3, 0.4) is 0 Å². The van der Waals surface area contributed by atoms with Crippen LogP contribution in [0, 0.1) is 12.8 Å². The van der Waals surface area contributed by atoms with Crippen molar-refractivity contribution >= 4 is 19.9 Å². The number of sulfonamides is 1. The highest BCUT2D eigenvalue weighted by molar-refractivity contribution is 7.90. The Morgan fingerprint density at radius 3 is 1.88 bits per heavy atom. The first-order valence-electron chi connectivity index (χ1n) is 8.06. The fourth-order valence-electron chi connectivity index (χ4n) is 2.74. The number of nitrogens with one attached hydrogen (secondary N) is 1. The molecule has 5 nitrogen and oxygen atoms in total. The Hall–Kier alpha value is -1.70. The molecule has 3 rings (SSSR count). The Labute approximate surface area is 149 Å². The lowest BCUT2D eigenvalue weighted by molar-refractivity contribution is 0.529. The Morgan fingerprint density at radius 2 is 1.40 bits per heavy atom. The zero-order chi connectivity index (χ0) is 18.2. The van der Waals surface area contributed by atoms with Crippen LogP contribution in [-0.4, -0.2) is 23.1 Å². The molecule has 0 spiro atoms. The van der Waals surface area contributed by atoms with Gasteiger partial charge in [-0.05, 0) is 55.5 Å². The van der Waals surface area contributed by atoms with Gasteiger partial charge in [0, 0.05) is 12.3 Å². The number of sulfone groups is 1. The van der Waals surface area contributed by atoms with Crippen molar-refractivity contribution in [2.45, 2.75) is 35.6 Å². The van der Waals surface area contributed by atoms with E-state index in [0.29, 0.717) is 5.92 Å². The van der Waals surface area contributed by atoms with E-state index in [0.717, 1.165) is 30.2 Å². The van der Waals surface area contributed by atoms with Gasteiger partial charge in [-0.15, -0.1) is 0 Å².